The summed E-state index contributed by atoms with van der Waals surface area (Å²) in [5, 5.41) is 10.9. The Balaban J connectivity index is 2.43. The van der Waals surface area contributed by atoms with Crippen LogP contribution in [0.3, 0.4) is 0 Å². The van der Waals surface area contributed by atoms with Gasteiger partial charge in [-0.15, -0.1) is 11.8 Å². The molecule has 0 saturated heterocycles. The Hall–Kier alpha value is -2.15. The molecule has 0 aromatic heterocycles. The van der Waals surface area contributed by atoms with E-state index in [1.54, 1.807) is 0 Å². The van der Waals surface area contributed by atoms with E-state index in [0.717, 1.165) is 12.8 Å². The van der Waals surface area contributed by atoms with E-state index in [1.807, 2.05) is 20.8 Å². The van der Waals surface area contributed by atoms with Gasteiger partial charge in [-0.1, -0.05) is 27.2 Å². The number of amides is 2. The number of hydrogen-bond donors (Lipinski definition) is 0. The number of non-ortho nitro benzene ring substituents is 1. The van der Waals surface area contributed by atoms with Crippen LogP contribution in [0.4, 0.5) is 5.69 Å². The largest absolute Gasteiger partial charge is 0.274 e. The number of rotatable bonds is 7. The molecule has 1 heterocycles. The third kappa shape index (κ3) is 3.67. The molecule has 2 amide bonds. The third-order valence-corrected chi connectivity index (χ3v) is 4.67. The van der Waals surface area contributed by atoms with Crippen LogP contribution in [0, 0.1) is 10.1 Å². The number of thioether (sulfide) groups is 1. The van der Waals surface area contributed by atoms with Crippen LogP contribution >= 0.6 is 11.8 Å². The summed E-state index contributed by atoms with van der Waals surface area (Å²) < 4.78 is 0. The van der Waals surface area contributed by atoms with E-state index in [9.17, 15) is 19.7 Å². The molecule has 0 saturated carbocycles. The van der Waals surface area contributed by atoms with Gasteiger partial charge in [-0.3, -0.25) is 24.6 Å². The minimum atomic E-state index is -0.489. The lowest BCUT2D eigenvalue weighted by Gasteiger charge is -2.14. The highest BCUT2D eigenvalue weighted by Gasteiger charge is 2.39. The molecule has 24 heavy (non-hydrogen) atoms. The fourth-order valence-corrected chi connectivity index (χ4v) is 3.43. The van der Waals surface area contributed by atoms with Crippen LogP contribution < -0.4 is 0 Å². The maximum absolute atomic E-state index is 12.7. The summed E-state index contributed by atoms with van der Waals surface area (Å²) in [6.45, 7) is 6.31. The number of hydrogen-bond acceptors (Lipinski definition) is 5. The van der Waals surface area contributed by atoms with Crippen molar-refractivity contribution in [3.63, 3.8) is 0 Å². The van der Waals surface area contributed by atoms with Gasteiger partial charge in [0.1, 0.15) is 0 Å². The van der Waals surface area contributed by atoms with E-state index < -0.39 is 4.92 Å². The molecular formula is C17H20N2O4S. The molecule has 1 aliphatic heterocycles. The molecule has 0 fully saturated rings. The fraction of sp³-hybridized carbons (Fsp3) is 0.412. The summed E-state index contributed by atoms with van der Waals surface area (Å²) in [5.74, 6) is -0.578. The first-order valence-corrected chi connectivity index (χ1v) is 8.76. The van der Waals surface area contributed by atoms with E-state index in [4.69, 9.17) is 0 Å². The van der Waals surface area contributed by atoms with Crippen LogP contribution in [0.1, 0.15) is 39.2 Å². The summed E-state index contributed by atoms with van der Waals surface area (Å²) in [6, 6.07) is 5.77. The number of carbonyl (C=O) groups excluding carboxylic acids is 2. The molecule has 7 heteroatoms. The van der Waals surface area contributed by atoms with E-state index in [0.29, 0.717) is 22.6 Å². The molecule has 0 N–H and O–H groups in total. The molecule has 6 nitrogen and oxygen atoms in total. The van der Waals surface area contributed by atoms with Crippen LogP contribution in [0.5, 0.6) is 0 Å². The Morgan fingerprint density at radius 2 is 1.79 bits per heavy atom. The van der Waals surface area contributed by atoms with Crippen molar-refractivity contribution in [1.82, 2.24) is 4.90 Å². The van der Waals surface area contributed by atoms with Crippen molar-refractivity contribution < 1.29 is 14.5 Å². The normalized spacial score (nSPS) is 14.9. The first-order valence-electron chi connectivity index (χ1n) is 7.88. The standard InChI is InChI=1S/C17H20N2O4S/c1-4-5-10-18-16(20)14(15(17(18)21)24-11(2)3)12-6-8-13(9-7-12)19(22)23/h6-9,11H,4-5,10H2,1-3H3. The van der Waals surface area contributed by atoms with Gasteiger partial charge in [0.2, 0.25) is 0 Å². The van der Waals surface area contributed by atoms with E-state index in [1.165, 1.54) is 40.9 Å². The minimum Gasteiger partial charge on any atom is -0.274 e. The van der Waals surface area contributed by atoms with Gasteiger partial charge >= 0.3 is 0 Å². The first kappa shape index (κ1) is 18.2. The van der Waals surface area contributed by atoms with Crippen LogP contribution in [-0.4, -0.2) is 33.4 Å². The molecule has 0 bridgehead atoms. The van der Waals surface area contributed by atoms with Crippen molar-refractivity contribution in [2.24, 2.45) is 0 Å². The van der Waals surface area contributed by atoms with Crippen LogP contribution in [0.25, 0.3) is 5.57 Å². The van der Waals surface area contributed by atoms with Gasteiger partial charge in [-0.05, 0) is 24.1 Å². The van der Waals surface area contributed by atoms with E-state index in [2.05, 4.69) is 0 Å². The van der Waals surface area contributed by atoms with E-state index >= 15 is 0 Å². The summed E-state index contributed by atoms with van der Waals surface area (Å²) >= 11 is 1.36. The number of nitro benzene ring substituents is 1. The summed E-state index contributed by atoms with van der Waals surface area (Å²) in [5.41, 5.74) is 0.850. The lowest BCUT2D eigenvalue weighted by Crippen LogP contribution is -2.32. The number of nitrogens with zero attached hydrogens (tertiary/aromatic N) is 2. The fourth-order valence-electron chi connectivity index (χ4n) is 2.42. The van der Waals surface area contributed by atoms with Crippen molar-refractivity contribution in [2.75, 3.05) is 6.54 Å². The molecule has 0 unspecified atom stereocenters. The van der Waals surface area contributed by atoms with Crippen molar-refractivity contribution in [3.05, 3.63) is 44.8 Å². The lowest BCUT2D eigenvalue weighted by molar-refractivity contribution is -0.384. The van der Waals surface area contributed by atoms with E-state index in [-0.39, 0.29) is 22.8 Å². The summed E-state index contributed by atoms with van der Waals surface area (Å²) in [6.07, 6.45) is 1.64. The lowest BCUT2D eigenvalue weighted by atomic mass is 10.1. The summed E-state index contributed by atoms with van der Waals surface area (Å²) in [4.78, 5) is 37.4. The first-order chi connectivity index (χ1) is 11.4. The molecule has 2 rings (SSSR count). The van der Waals surface area contributed by atoms with Gasteiger partial charge in [-0.25, -0.2) is 0 Å². The molecule has 1 aliphatic rings. The topological polar surface area (TPSA) is 80.5 Å². The van der Waals surface area contributed by atoms with Gasteiger partial charge in [0.05, 0.1) is 15.4 Å². The monoisotopic (exact) mass is 348 g/mol. The highest BCUT2D eigenvalue weighted by molar-refractivity contribution is 8.04. The van der Waals surface area contributed by atoms with Crippen LogP contribution in [-0.2, 0) is 9.59 Å². The number of benzene rings is 1. The predicted molar refractivity (Wildman–Crippen MR) is 94.4 cm³/mol. The number of imide groups is 1. The zero-order valence-corrected chi connectivity index (χ0v) is 14.8. The molecule has 1 aromatic rings. The van der Waals surface area contributed by atoms with Gasteiger partial charge in [0.15, 0.2) is 0 Å². The van der Waals surface area contributed by atoms with Gasteiger partial charge in [0, 0.05) is 23.9 Å². The Kier molecular flexibility index (Phi) is 5.77. The molecule has 128 valence electrons. The smallest absolute Gasteiger partial charge is 0.269 e. The average Bonchev–Trinajstić information content (AvgIpc) is 2.76. The highest BCUT2D eigenvalue weighted by atomic mass is 32.2. The summed E-state index contributed by atoms with van der Waals surface area (Å²) in [7, 11) is 0. The third-order valence-electron chi connectivity index (χ3n) is 3.58. The molecule has 0 atom stereocenters. The second-order valence-corrected chi connectivity index (χ2v) is 7.38. The molecule has 0 spiro atoms. The minimum absolute atomic E-state index is 0.0444. The highest BCUT2D eigenvalue weighted by Crippen LogP contribution is 2.38. The van der Waals surface area contributed by atoms with Crippen LogP contribution in [0.2, 0.25) is 0 Å². The zero-order chi connectivity index (χ0) is 17.9. The molecule has 1 aromatic carbocycles. The maximum Gasteiger partial charge on any atom is 0.269 e. The van der Waals surface area contributed by atoms with Gasteiger partial charge < -0.3 is 0 Å². The number of carbonyl (C=O) groups is 2. The van der Waals surface area contributed by atoms with Crippen LogP contribution in [0.15, 0.2) is 29.2 Å². The Bertz CT molecular complexity index is 695. The Labute approximate surface area is 145 Å². The van der Waals surface area contributed by atoms with Gasteiger partial charge in [0.25, 0.3) is 17.5 Å². The molecular weight excluding hydrogens is 328 g/mol. The number of nitro groups is 1. The van der Waals surface area contributed by atoms with Crippen molar-refractivity contribution in [1.29, 1.82) is 0 Å². The van der Waals surface area contributed by atoms with Crippen molar-refractivity contribution >= 4 is 34.8 Å². The van der Waals surface area contributed by atoms with Crippen molar-refractivity contribution in [3.8, 4) is 0 Å². The SMILES string of the molecule is CCCCN1C(=O)C(SC(C)C)=C(c2ccc([N+](=O)[O-])cc2)C1=O. The predicted octanol–water partition coefficient (Wildman–Crippen LogP) is 3.62. The maximum atomic E-state index is 12.7. The Morgan fingerprint density at radius 3 is 2.29 bits per heavy atom. The zero-order valence-electron chi connectivity index (χ0n) is 13.9. The van der Waals surface area contributed by atoms with Gasteiger partial charge in [-0.2, -0.15) is 0 Å². The number of unbranched alkanes of at least 4 members (excludes halogenated alkanes) is 1. The molecule has 0 aliphatic carbocycles. The second-order valence-electron chi connectivity index (χ2n) is 5.79. The average molecular weight is 348 g/mol. The molecule has 0 radical (unpaired) electrons. The quantitative estimate of drug-likeness (QED) is 0.427. The van der Waals surface area contributed by atoms with Crippen molar-refractivity contribution in [2.45, 2.75) is 38.9 Å². The Morgan fingerprint density at radius 1 is 1.17 bits per heavy atom. The second kappa shape index (κ2) is 7.61.